The number of carbonyl (C=O) groups is 1. The molecule has 2 aromatic heterocycles. The number of benzene rings is 1. The molecule has 1 aromatic carbocycles. The third-order valence-corrected chi connectivity index (χ3v) is 4.73. The second-order valence-electron chi connectivity index (χ2n) is 5.67. The van der Waals surface area contributed by atoms with Gasteiger partial charge in [0, 0.05) is 27.8 Å². The number of carbonyl (C=O) groups excluding carboxylic acids is 1. The highest BCUT2D eigenvalue weighted by molar-refractivity contribution is 7.13. The topological polar surface area (TPSA) is 75.3 Å². The molecule has 28 heavy (non-hydrogen) atoms. The molecule has 3 rings (SSSR count). The van der Waals surface area contributed by atoms with Crippen LogP contribution >= 0.6 is 11.3 Å². The summed E-state index contributed by atoms with van der Waals surface area (Å²) in [5.74, 6) is -0.784. The molecule has 2 heterocycles. The number of nitrogens with zero attached hydrogens (tertiary/aromatic N) is 2. The number of hydrogen-bond acceptors (Lipinski definition) is 5. The van der Waals surface area contributed by atoms with E-state index in [2.05, 4.69) is 10.3 Å². The van der Waals surface area contributed by atoms with Crippen LogP contribution in [0.4, 0.5) is 13.2 Å². The lowest BCUT2D eigenvalue weighted by Gasteiger charge is -2.12. The molecule has 0 aliphatic heterocycles. The molecule has 0 aliphatic carbocycles. The zero-order valence-corrected chi connectivity index (χ0v) is 15.3. The Bertz CT molecular complexity index is 1000. The highest BCUT2D eigenvalue weighted by Crippen LogP contribution is 2.38. The molecule has 3 aromatic rings. The normalized spacial score (nSPS) is 11.3. The molecule has 0 saturated heterocycles. The third kappa shape index (κ3) is 4.22. The molecule has 2 N–H and O–H groups in total. The third-order valence-electron chi connectivity index (χ3n) is 3.84. The maximum atomic E-state index is 13.0. The van der Waals surface area contributed by atoms with Gasteiger partial charge in [-0.1, -0.05) is 6.07 Å². The SMILES string of the molecule is COc1cc(-c2nc(C(=O)NCc3cccc[n+]3O)cs2)ccc1C(F)(F)F. The average Bonchev–Trinajstić information content (AvgIpc) is 3.16. The van der Waals surface area contributed by atoms with Crippen molar-refractivity contribution in [3.63, 3.8) is 0 Å². The fraction of sp³-hybridized carbons (Fsp3) is 0.167. The van der Waals surface area contributed by atoms with Gasteiger partial charge in [0.25, 0.3) is 11.6 Å². The van der Waals surface area contributed by atoms with E-state index in [0.717, 1.165) is 29.2 Å². The van der Waals surface area contributed by atoms with Crippen molar-refractivity contribution in [1.29, 1.82) is 0 Å². The number of aromatic nitrogens is 2. The standard InChI is InChI=1S/C18H14F3N3O3S/c1-27-15-8-11(5-6-13(15)18(19,20)21)17-23-14(10-28-17)16(25)22-9-12-4-2-3-7-24(12)26/h2-8,10H,9H2,1H3,(H-,22,25,26)/p+1. The first-order chi connectivity index (χ1) is 13.3. The number of nitrogens with one attached hydrogen (secondary N) is 1. The maximum Gasteiger partial charge on any atom is 0.419 e. The second-order valence-corrected chi connectivity index (χ2v) is 6.53. The first-order valence-electron chi connectivity index (χ1n) is 7.97. The lowest BCUT2D eigenvalue weighted by atomic mass is 10.1. The fourth-order valence-corrected chi connectivity index (χ4v) is 3.24. The van der Waals surface area contributed by atoms with Crippen molar-refractivity contribution in [3.8, 4) is 16.3 Å². The van der Waals surface area contributed by atoms with E-state index in [9.17, 15) is 23.2 Å². The Morgan fingerprint density at radius 3 is 2.79 bits per heavy atom. The number of hydrogen-bond donors (Lipinski definition) is 2. The largest absolute Gasteiger partial charge is 0.496 e. The molecule has 0 radical (unpaired) electrons. The molecule has 146 valence electrons. The Hall–Kier alpha value is -3.14. The zero-order valence-electron chi connectivity index (χ0n) is 14.5. The first kappa shape index (κ1) is 19.6. The molecule has 0 saturated carbocycles. The van der Waals surface area contributed by atoms with Crippen LogP contribution < -0.4 is 14.8 Å². The first-order valence-corrected chi connectivity index (χ1v) is 8.85. The number of ether oxygens (including phenoxy) is 1. The van der Waals surface area contributed by atoms with Gasteiger partial charge >= 0.3 is 6.18 Å². The van der Waals surface area contributed by atoms with Gasteiger partial charge in [0.15, 0.2) is 0 Å². The molecule has 0 aliphatic rings. The van der Waals surface area contributed by atoms with Crippen molar-refractivity contribution >= 4 is 17.2 Å². The molecular weight excluding hydrogens is 395 g/mol. The minimum Gasteiger partial charge on any atom is -0.496 e. The Kier molecular flexibility index (Phi) is 5.50. The summed E-state index contributed by atoms with van der Waals surface area (Å²) in [6, 6.07) is 8.43. The van der Waals surface area contributed by atoms with Crippen molar-refractivity contribution in [2.24, 2.45) is 0 Å². The summed E-state index contributed by atoms with van der Waals surface area (Å²) in [7, 11) is 1.16. The van der Waals surface area contributed by atoms with E-state index in [0.29, 0.717) is 16.3 Å². The van der Waals surface area contributed by atoms with E-state index in [1.165, 1.54) is 23.7 Å². The fourth-order valence-electron chi connectivity index (χ4n) is 2.44. The number of methoxy groups -OCH3 is 1. The van der Waals surface area contributed by atoms with Crippen LogP contribution in [0.3, 0.4) is 0 Å². The number of amides is 1. The van der Waals surface area contributed by atoms with E-state index >= 15 is 0 Å². The van der Waals surface area contributed by atoms with Crippen LogP contribution in [0.1, 0.15) is 21.7 Å². The summed E-state index contributed by atoms with van der Waals surface area (Å²) in [6.07, 6.45) is -3.10. The number of alkyl halides is 3. The minimum atomic E-state index is -4.53. The predicted octanol–water partition coefficient (Wildman–Crippen LogP) is 3.29. The van der Waals surface area contributed by atoms with Crippen LogP contribution in [0.5, 0.6) is 5.75 Å². The molecule has 0 atom stereocenters. The Balaban J connectivity index is 1.76. The number of thiazole rings is 1. The number of halogens is 3. The van der Waals surface area contributed by atoms with Crippen molar-refractivity contribution in [2.75, 3.05) is 7.11 Å². The highest BCUT2D eigenvalue weighted by atomic mass is 32.1. The van der Waals surface area contributed by atoms with Gasteiger partial charge in [-0.15, -0.1) is 11.3 Å². The van der Waals surface area contributed by atoms with Gasteiger partial charge in [0.05, 0.1) is 12.7 Å². The summed E-state index contributed by atoms with van der Waals surface area (Å²) in [5, 5.41) is 14.1. The summed E-state index contributed by atoms with van der Waals surface area (Å²) in [5.41, 5.74) is 0.122. The van der Waals surface area contributed by atoms with Crippen molar-refractivity contribution < 1.29 is 32.6 Å². The van der Waals surface area contributed by atoms with Crippen LogP contribution in [-0.4, -0.2) is 23.2 Å². The van der Waals surface area contributed by atoms with Gasteiger partial charge in [-0.2, -0.15) is 13.2 Å². The van der Waals surface area contributed by atoms with Crippen molar-refractivity contribution in [1.82, 2.24) is 10.3 Å². The van der Waals surface area contributed by atoms with Gasteiger partial charge in [-0.25, -0.2) is 4.98 Å². The van der Waals surface area contributed by atoms with Gasteiger partial charge in [0.1, 0.15) is 23.0 Å². The summed E-state index contributed by atoms with van der Waals surface area (Å²) < 4.78 is 44.6. The van der Waals surface area contributed by atoms with E-state index in [1.807, 2.05) is 0 Å². The number of rotatable bonds is 5. The monoisotopic (exact) mass is 410 g/mol. The van der Waals surface area contributed by atoms with Crippen molar-refractivity contribution in [2.45, 2.75) is 12.7 Å². The Morgan fingerprint density at radius 2 is 2.11 bits per heavy atom. The Morgan fingerprint density at radius 1 is 1.32 bits per heavy atom. The van der Waals surface area contributed by atoms with E-state index in [-0.39, 0.29) is 18.0 Å². The van der Waals surface area contributed by atoms with Crippen LogP contribution in [0, 0.1) is 0 Å². The zero-order chi connectivity index (χ0) is 20.3. The molecule has 0 bridgehead atoms. The molecular formula is C18H15F3N3O3S+. The van der Waals surface area contributed by atoms with Gasteiger partial charge in [-0.05, 0) is 18.2 Å². The van der Waals surface area contributed by atoms with Crippen LogP contribution in [-0.2, 0) is 12.7 Å². The van der Waals surface area contributed by atoms with Gasteiger partial charge in [-0.3, -0.25) is 10.0 Å². The number of pyridine rings is 1. The second kappa shape index (κ2) is 7.85. The van der Waals surface area contributed by atoms with Crippen molar-refractivity contribution in [3.05, 3.63) is 64.9 Å². The van der Waals surface area contributed by atoms with Gasteiger partial charge < -0.3 is 10.1 Å². The van der Waals surface area contributed by atoms with Crippen LogP contribution in [0.25, 0.3) is 10.6 Å². The molecule has 0 spiro atoms. The van der Waals surface area contributed by atoms with E-state index < -0.39 is 17.6 Å². The molecule has 10 heteroatoms. The summed E-state index contributed by atoms with van der Waals surface area (Å²) >= 11 is 1.12. The molecule has 6 nitrogen and oxygen atoms in total. The highest BCUT2D eigenvalue weighted by Gasteiger charge is 2.34. The summed E-state index contributed by atoms with van der Waals surface area (Å²) in [4.78, 5) is 16.4. The predicted molar refractivity (Wildman–Crippen MR) is 94.1 cm³/mol. The Labute approximate surface area is 161 Å². The smallest absolute Gasteiger partial charge is 0.419 e. The van der Waals surface area contributed by atoms with E-state index in [4.69, 9.17) is 4.74 Å². The van der Waals surface area contributed by atoms with Gasteiger partial charge in [0.2, 0.25) is 6.20 Å². The molecule has 1 amide bonds. The van der Waals surface area contributed by atoms with E-state index in [1.54, 1.807) is 18.2 Å². The maximum absolute atomic E-state index is 13.0. The minimum absolute atomic E-state index is 0.0805. The lowest BCUT2D eigenvalue weighted by molar-refractivity contribution is -0.909. The quantitative estimate of drug-likeness (QED) is 0.500. The summed E-state index contributed by atoms with van der Waals surface area (Å²) in [6.45, 7) is 0.0805. The molecule has 0 unspecified atom stereocenters. The average molecular weight is 410 g/mol. The molecule has 0 fully saturated rings. The lowest BCUT2D eigenvalue weighted by Crippen LogP contribution is -2.38. The van der Waals surface area contributed by atoms with Crippen LogP contribution in [0.2, 0.25) is 0 Å². The van der Waals surface area contributed by atoms with Crippen LogP contribution in [0.15, 0.2) is 48.0 Å².